The molecule has 0 aliphatic carbocycles. The average molecular weight is 581 g/mol. The fraction of sp³-hybridized carbons (Fsp3) is 0.222. The van der Waals surface area contributed by atoms with Gasteiger partial charge >= 0.3 is 12.4 Å². The molecule has 2 aromatic carbocycles. The first-order chi connectivity index (χ1) is 18.7. The van der Waals surface area contributed by atoms with Crippen molar-refractivity contribution < 1.29 is 34.8 Å². The molecule has 0 unspecified atom stereocenters. The number of aromatic nitrogens is 3. The molecule has 0 saturated carbocycles. The van der Waals surface area contributed by atoms with E-state index in [0.29, 0.717) is 24.6 Å². The fourth-order valence-electron chi connectivity index (χ4n) is 3.86. The summed E-state index contributed by atoms with van der Waals surface area (Å²) < 4.78 is 107. The van der Waals surface area contributed by atoms with Gasteiger partial charge in [0.25, 0.3) is 0 Å². The Hall–Kier alpha value is -3.84. The Morgan fingerprint density at radius 2 is 1.48 bits per heavy atom. The van der Waals surface area contributed by atoms with Crippen LogP contribution >= 0.6 is 0 Å². The summed E-state index contributed by atoms with van der Waals surface area (Å²) in [7, 11) is -2.32. The zero-order valence-corrected chi connectivity index (χ0v) is 21.9. The van der Waals surface area contributed by atoms with Crippen LogP contribution in [-0.4, -0.2) is 41.3 Å². The minimum atomic E-state index is -4.86. The molecule has 0 aliphatic rings. The third-order valence-electron chi connectivity index (χ3n) is 5.92. The molecular formula is C27H22F6N4O2S. The Balaban J connectivity index is 1.78. The number of alkyl halides is 6. The summed E-state index contributed by atoms with van der Waals surface area (Å²) in [4.78, 5) is 12.1. The summed E-state index contributed by atoms with van der Waals surface area (Å²) in [5.41, 5.74) is -1.64. The second-order valence-corrected chi connectivity index (χ2v) is 10.9. The van der Waals surface area contributed by atoms with Gasteiger partial charge in [-0.15, -0.1) is 0 Å². The van der Waals surface area contributed by atoms with Crippen LogP contribution < -0.4 is 0 Å². The predicted molar refractivity (Wildman–Crippen MR) is 136 cm³/mol. The summed E-state index contributed by atoms with van der Waals surface area (Å²) in [5.74, 6) is -0.333. The number of hydrogen-bond donors (Lipinski definition) is 0. The van der Waals surface area contributed by atoms with E-state index >= 15 is 0 Å². The first-order valence-corrected chi connectivity index (χ1v) is 13.3. The molecule has 0 N–H and O–H groups in total. The first kappa shape index (κ1) is 29.2. The van der Waals surface area contributed by atoms with E-state index in [0.717, 1.165) is 24.3 Å². The van der Waals surface area contributed by atoms with Gasteiger partial charge in [-0.25, -0.2) is 22.7 Å². The maximum Gasteiger partial charge on any atom is 0.433 e. The number of benzene rings is 2. The third-order valence-corrected chi connectivity index (χ3v) is 7.77. The number of nitrogens with zero attached hydrogens (tertiary/aromatic N) is 4. The first-order valence-electron chi connectivity index (χ1n) is 11.9. The van der Waals surface area contributed by atoms with Crippen LogP contribution in [0.1, 0.15) is 24.6 Å². The van der Waals surface area contributed by atoms with Crippen LogP contribution in [0.4, 0.5) is 26.3 Å². The van der Waals surface area contributed by atoms with Crippen LogP contribution in [0.2, 0.25) is 0 Å². The van der Waals surface area contributed by atoms with Gasteiger partial charge in [0.1, 0.15) is 5.69 Å². The van der Waals surface area contributed by atoms with Crippen molar-refractivity contribution in [3.05, 3.63) is 84.2 Å². The van der Waals surface area contributed by atoms with E-state index in [9.17, 15) is 34.8 Å². The van der Waals surface area contributed by atoms with Crippen molar-refractivity contribution in [2.45, 2.75) is 30.6 Å². The molecule has 40 heavy (non-hydrogen) atoms. The number of hydrogen-bond acceptors (Lipinski definition) is 5. The van der Waals surface area contributed by atoms with Gasteiger partial charge in [0.2, 0.25) is 10.0 Å². The molecule has 210 valence electrons. The summed E-state index contributed by atoms with van der Waals surface area (Å²) >= 11 is 0. The minimum absolute atomic E-state index is 0.0214. The van der Waals surface area contributed by atoms with E-state index in [4.69, 9.17) is 0 Å². The molecule has 0 spiro atoms. The quantitative estimate of drug-likeness (QED) is 0.222. The minimum Gasteiger partial charge on any atom is -0.256 e. The Kier molecular flexibility index (Phi) is 7.99. The summed E-state index contributed by atoms with van der Waals surface area (Å²) in [6.45, 7) is 2.16. The second-order valence-electron chi connectivity index (χ2n) is 8.82. The molecule has 0 aliphatic heterocycles. The fourth-order valence-corrected chi connectivity index (χ4v) is 5.17. The molecule has 0 fully saturated rings. The SMILES string of the molecule is CCCN(C)S(=O)(=O)c1cccc(-c2cc(-c3nc(-c4ccc(C(F)(F)F)cc4)cc(C(F)(F)F)n3)ccn2)c1. The molecule has 0 saturated heterocycles. The van der Waals surface area contributed by atoms with Crippen molar-refractivity contribution in [1.29, 1.82) is 0 Å². The molecule has 0 atom stereocenters. The van der Waals surface area contributed by atoms with E-state index < -0.39 is 33.6 Å². The lowest BCUT2D eigenvalue weighted by Crippen LogP contribution is -2.27. The number of sulfonamides is 1. The number of rotatable bonds is 7. The molecule has 4 aromatic rings. The van der Waals surface area contributed by atoms with E-state index in [-0.39, 0.29) is 33.2 Å². The van der Waals surface area contributed by atoms with Crippen LogP contribution in [-0.2, 0) is 22.4 Å². The maximum atomic E-state index is 13.7. The molecule has 0 bridgehead atoms. The summed E-state index contributed by atoms with van der Waals surface area (Å²) in [5, 5.41) is 0. The lowest BCUT2D eigenvalue weighted by molar-refractivity contribution is -0.141. The van der Waals surface area contributed by atoms with E-state index in [2.05, 4.69) is 15.0 Å². The zero-order valence-electron chi connectivity index (χ0n) is 21.1. The Morgan fingerprint density at radius 3 is 2.10 bits per heavy atom. The van der Waals surface area contributed by atoms with Crippen molar-refractivity contribution in [2.24, 2.45) is 0 Å². The van der Waals surface area contributed by atoms with Gasteiger partial charge in [0.05, 0.1) is 21.8 Å². The maximum absolute atomic E-state index is 13.7. The van der Waals surface area contributed by atoms with Gasteiger partial charge in [-0.2, -0.15) is 26.3 Å². The van der Waals surface area contributed by atoms with Crippen molar-refractivity contribution in [1.82, 2.24) is 19.3 Å². The van der Waals surface area contributed by atoms with E-state index in [1.165, 1.54) is 47.9 Å². The average Bonchev–Trinajstić information content (AvgIpc) is 2.92. The monoisotopic (exact) mass is 580 g/mol. The predicted octanol–water partition coefficient (Wildman–Crippen LogP) is 6.94. The van der Waals surface area contributed by atoms with Crippen LogP contribution in [0.5, 0.6) is 0 Å². The van der Waals surface area contributed by atoms with Gasteiger partial charge in [-0.3, -0.25) is 4.98 Å². The Bertz CT molecular complexity index is 1620. The standard InChI is InChI=1S/C27H22F6N4O2S/c1-3-13-37(2)40(38,39)21-6-4-5-18(14-21)22-15-19(11-12-34-22)25-35-23(16-24(36-25)27(31,32)33)17-7-9-20(10-8-17)26(28,29)30/h4-12,14-16H,3,13H2,1-2H3. The Labute approximate surface area is 226 Å². The highest BCUT2D eigenvalue weighted by atomic mass is 32.2. The van der Waals surface area contributed by atoms with Crippen molar-refractivity contribution in [3.63, 3.8) is 0 Å². The number of halogens is 6. The number of pyridine rings is 1. The zero-order chi connectivity index (χ0) is 29.3. The van der Waals surface area contributed by atoms with Gasteiger partial charge in [0.15, 0.2) is 5.82 Å². The lowest BCUT2D eigenvalue weighted by Gasteiger charge is -2.16. The van der Waals surface area contributed by atoms with Crippen molar-refractivity contribution in [2.75, 3.05) is 13.6 Å². The molecule has 2 aromatic heterocycles. The highest BCUT2D eigenvalue weighted by Gasteiger charge is 2.34. The molecule has 6 nitrogen and oxygen atoms in total. The van der Waals surface area contributed by atoms with E-state index in [1.807, 2.05) is 6.92 Å². The van der Waals surface area contributed by atoms with Crippen molar-refractivity contribution in [3.8, 4) is 33.9 Å². The smallest absolute Gasteiger partial charge is 0.256 e. The van der Waals surface area contributed by atoms with Crippen LogP contribution in [0, 0.1) is 0 Å². The van der Waals surface area contributed by atoms with Crippen molar-refractivity contribution >= 4 is 10.0 Å². The Morgan fingerprint density at radius 1 is 0.775 bits per heavy atom. The normalized spacial score (nSPS) is 12.6. The molecule has 0 radical (unpaired) electrons. The molecule has 13 heteroatoms. The van der Waals surface area contributed by atoms with Crippen LogP contribution in [0.25, 0.3) is 33.9 Å². The molecule has 4 rings (SSSR count). The molecule has 0 amide bonds. The topological polar surface area (TPSA) is 76.1 Å². The highest BCUT2D eigenvalue weighted by molar-refractivity contribution is 7.89. The van der Waals surface area contributed by atoms with Gasteiger partial charge in [-0.1, -0.05) is 31.2 Å². The second kappa shape index (κ2) is 11.0. The summed E-state index contributed by atoms with van der Waals surface area (Å²) in [6.07, 6.45) is -7.54. The van der Waals surface area contributed by atoms with Gasteiger partial charge in [0, 0.05) is 36.5 Å². The lowest BCUT2D eigenvalue weighted by atomic mass is 10.1. The van der Waals surface area contributed by atoms with Gasteiger partial charge in [-0.05, 0) is 48.9 Å². The molecular weight excluding hydrogens is 558 g/mol. The molecule has 2 heterocycles. The van der Waals surface area contributed by atoms with Crippen LogP contribution in [0.3, 0.4) is 0 Å². The highest BCUT2D eigenvalue weighted by Crippen LogP contribution is 2.35. The van der Waals surface area contributed by atoms with Gasteiger partial charge < -0.3 is 0 Å². The third kappa shape index (κ3) is 6.31. The largest absolute Gasteiger partial charge is 0.433 e. The summed E-state index contributed by atoms with van der Waals surface area (Å²) in [6, 6.07) is 13.0. The van der Waals surface area contributed by atoms with E-state index in [1.54, 1.807) is 6.07 Å². The van der Waals surface area contributed by atoms with Crippen LogP contribution in [0.15, 0.2) is 77.8 Å².